The Labute approximate surface area is 147 Å². The Morgan fingerprint density at radius 3 is 2.80 bits per heavy atom. The highest BCUT2D eigenvalue weighted by atomic mass is 16.5. The van der Waals surface area contributed by atoms with E-state index in [-0.39, 0.29) is 11.9 Å². The zero-order chi connectivity index (χ0) is 17.8. The van der Waals surface area contributed by atoms with Crippen LogP contribution in [0, 0.1) is 6.92 Å². The Morgan fingerprint density at radius 1 is 1.36 bits per heavy atom. The Kier molecular flexibility index (Phi) is 5.21. The first-order valence-corrected chi connectivity index (χ1v) is 8.70. The van der Waals surface area contributed by atoms with Crippen LogP contribution in [0.5, 0.6) is 5.75 Å². The number of carbonyl (C=O) groups excluding carboxylic acids is 1. The number of hydrogen-bond donors (Lipinski definition) is 1. The van der Waals surface area contributed by atoms with Crippen molar-refractivity contribution in [2.24, 2.45) is 0 Å². The molecule has 0 fully saturated rings. The van der Waals surface area contributed by atoms with Gasteiger partial charge in [-0.2, -0.15) is 4.98 Å². The van der Waals surface area contributed by atoms with E-state index in [1.165, 1.54) is 0 Å². The second kappa shape index (κ2) is 7.55. The van der Waals surface area contributed by atoms with Crippen LogP contribution < -0.4 is 15.0 Å². The summed E-state index contributed by atoms with van der Waals surface area (Å²) in [6, 6.07) is 7.85. The molecule has 134 valence electrons. The van der Waals surface area contributed by atoms with Crippen LogP contribution in [-0.2, 0) is 11.3 Å². The van der Waals surface area contributed by atoms with Gasteiger partial charge in [0, 0.05) is 6.04 Å². The van der Waals surface area contributed by atoms with Crippen LogP contribution in [0.1, 0.15) is 38.4 Å². The zero-order valence-corrected chi connectivity index (χ0v) is 14.9. The first-order chi connectivity index (χ1) is 12.1. The molecule has 25 heavy (non-hydrogen) atoms. The number of hydrogen-bond acceptors (Lipinski definition) is 6. The molecular weight excluding hydrogens is 320 g/mol. The Hall–Kier alpha value is -2.57. The minimum absolute atomic E-state index is 0.0880. The first-order valence-electron chi connectivity index (χ1n) is 8.70. The number of nitrogens with zero attached hydrogens (tertiary/aromatic N) is 3. The van der Waals surface area contributed by atoms with Gasteiger partial charge in [-0.05, 0) is 31.9 Å². The van der Waals surface area contributed by atoms with E-state index in [2.05, 4.69) is 29.3 Å². The fraction of sp³-hybridized carbons (Fsp3) is 0.500. The number of para-hydroxylation sites is 2. The van der Waals surface area contributed by atoms with Crippen LogP contribution in [0.4, 0.5) is 5.69 Å². The van der Waals surface area contributed by atoms with Crippen molar-refractivity contribution in [2.75, 3.05) is 11.4 Å². The summed E-state index contributed by atoms with van der Waals surface area (Å²) in [7, 11) is 0. The van der Waals surface area contributed by atoms with E-state index in [0.717, 1.165) is 18.5 Å². The average Bonchev–Trinajstić information content (AvgIpc) is 3.04. The zero-order valence-electron chi connectivity index (χ0n) is 14.9. The van der Waals surface area contributed by atoms with Gasteiger partial charge in [0.05, 0.1) is 18.8 Å². The molecule has 2 aromatic rings. The van der Waals surface area contributed by atoms with E-state index in [9.17, 15) is 4.79 Å². The molecule has 1 N–H and O–H groups in total. The number of aromatic nitrogens is 2. The maximum absolute atomic E-state index is 12.6. The highest BCUT2D eigenvalue weighted by Crippen LogP contribution is 2.34. The number of fused-ring (bicyclic) bond motifs is 1. The van der Waals surface area contributed by atoms with Crippen LogP contribution in [-0.4, -0.2) is 34.7 Å². The molecule has 0 bridgehead atoms. The number of aryl methyl sites for hydroxylation is 1. The normalized spacial score (nSPS) is 16.5. The van der Waals surface area contributed by atoms with Gasteiger partial charge < -0.3 is 19.5 Å². The Balaban J connectivity index is 1.79. The molecule has 0 aliphatic carbocycles. The molecule has 0 saturated heterocycles. The van der Waals surface area contributed by atoms with Crippen molar-refractivity contribution in [2.45, 2.75) is 52.3 Å². The summed E-state index contributed by atoms with van der Waals surface area (Å²) < 4.78 is 11.2. The summed E-state index contributed by atoms with van der Waals surface area (Å²) in [4.78, 5) is 18.9. The van der Waals surface area contributed by atoms with E-state index < -0.39 is 6.10 Å². The molecule has 1 amide bonds. The number of nitrogens with one attached hydrogen (secondary N) is 1. The average molecular weight is 344 g/mol. The van der Waals surface area contributed by atoms with E-state index >= 15 is 0 Å². The molecule has 1 aromatic carbocycles. The van der Waals surface area contributed by atoms with Gasteiger partial charge in [0.15, 0.2) is 11.9 Å². The maximum atomic E-state index is 12.6. The topological polar surface area (TPSA) is 80.5 Å². The number of amides is 1. The summed E-state index contributed by atoms with van der Waals surface area (Å²) in [5.41, 5.74) is 0.921. The van der Waals surface area contributed by atoms with Crippen molar-refractivity contribution in [3.8, 4) is 5.75 Å². The smallest absolute Gasteiger partial charge is 0.263 e. The minimum Gasteiger partial charge on any atom is -0.477 e. The van der Waals surface area contributed by atoms with E-state index in [0.29, 0.717) is 30.6 Å². The minimum atomic E-state index is -0.570. The molecular formula is C18H24N4O3. The lowest BCUT2D eigenvalue weighted by molar-refractivity contribution is -0.128. The van der Waals surface area contributed by atoms with Crippen molar-refractivity contribution in [3.63, 3.8) is 0 Å². The molecule has 0 saturated carbocycles. The van der Waals surface area contributed by atoms with Crippen LogP contribution in [0.2, 0.25) is 0 Å². The van der Waals surface area contributed by atoms with Crippen molar-refractivity contribution in [3.05, 3.63) is 36.0 Å². The van der Waals surface area contributed by atoms with Gasteiger partial charge in [0.25, 0.3) is 5.91 Å². The molecule has 1 aliphatic heterocycles. The summed E-state index contributed by atoms with van der Waals surface area (Å²) in [5, 5.41) is 6.89. The molecule has 2 heterocycles. The number of ether oxygens (including phenoxy) is 1. The van der Waals surface area contributed by atoms with Gasteiger partial charge in [0.2, 0.25) is 5.89 Å². The van der Waals surface area contributed by atoms with Crippen LogP contribution in [0.15, 0.2) is 28.8 Å². The summed E-state index contributed by atoms with van der Waals surface area (Å²) in [6.45, 7) is 6.79. The molecule has 0 spiro atoms. The summed E-state index contributed by atoms with van der Waals surface area (Å²) >= 11 is 0. The highest BCUT2D eigenvalue weighted by Gasteiger charge is 2.32. The Bertz CT molecular complexity index is 727. The maximum Gasteiger partial charge on any atom is 0.263 e. The fourth-order valence-corrected chi connectivity index (χ4v) is 2.95. The quantitative estimate of drug-likeness (QED) is 0.867. The number of anilines is 1. The van der Waals surface area contributed by atoms with Gasteiger partial charge in [0.1, 0.15) is 5.75 Å². The predicted octanol–water partition coefficient (Wildman–Crippen LogP) is 2.45. The second-order valence-corrected chi connectivity index (χ2v) is 6.21. The number of rotatable bonds is 6. The molecule has 7 nitrogen and oxygen atoms in total. The van der Waals surface area contributed by atoms with Crippen molar-refractivity contribution < 1.29 is 14.1 Å². The Morgan fingerprint density at radius 2 is 2.12 bits per heavy atom. The van der Waals surface area contributed by atoms with Gasteiger partial charge in [-0.1, -0.05) is 31.1 Å². The SMILES string of the molecule is CCC(CC)NC(=O)[C@@H]1CN(Cc2nc(C)no2)c2ccccc2O1. The highest BCUT2D eigenvalue weighted by molar-refractivity contribution is 5.83. The van der Waals surface area contributed by atoms with E-state index in [1.807, 2.05) is 29.2 Å². The lowest BCUT2D eigenvalue weighted by atomic mass is 10.1. The summed E-state index contributed by atoms with van der Waals surface area (Å²) in [6.07, 6.45) is 1.23. The third-order valence-corrected chi connectivity index (χ3v) is 4.38. The third-order valence-electron chi connectivity index (χ3n) is 4.38. The molecule has 7 heteroatoms. The van der Waals surface area contributed by atoms with Crippen molar-refractivity contribution in [1.82, 2.24) is 15.5 Å². The summed E-state index contributed by atoms with van der Waals surface area (Å²) in [5.74, 6) is 1.72. The van der Waals surface area contributed by atoms with Gasteiger partial charge in [-0.3, -0.25) is 4.79 Å². The van der Waals surface area contributed by atoms with Crippen LogP contribution in [0.3, 0.4) is 0 Å². The molecule has 0 unspecified atom stereocenters. The number of benzene rings is 1. The second-order valence-electron chi connectivity index (χ2n) is 6.21. The number of carbonyl (C=O) groups is 1. The van der Waals surface area contributed by atoms with Gasteiger partial charge >= 0.3 is 0 Å². The van der Waals surface area contributed by atoms with Crippen molar-refractivity contribution in [1.29, 1.82) is 0 Å². The van der Waals surface area contributed by atoms with Crippen LogP contribution in [0.25, 0.3) is 0 Å². The molecule has 0 radical (unpaired) electrons. The first kappa shape index (κ1) is 17.3. The van der Waals surface area contributed by atoms with E-state index in [4.69, 9.17) is 9.26 Å². The van der Waals surface area contributed by atoms with Crippen molar-refractivity contribution >= 4 is 11.6 Å². The van der Waals surface area contributed by atoms with Gasteiger partial charge in [-0.25, -0.2) is 0 Å². The molecule has 1 aliphatic rings. The molecule has 1 atom stereocenters. The molecule has 3 rings (SSSR count). The van der Waals surface area contributed by atoms with E-state index in [1.54, 1.807) is 6.92 Å². The fourth-order valence-electron chi connectivity index (χ4n) is 2.95. The largest absolute Gasteiger partial charge is 0.477 e. The predicted molar refractivity (Wildman–Crippen MR) is 93.5 cm³/mol. The van der Waals surface area contributed by atoms with Gasteiger partial charge in [-0.15, -0.1) is 0 Å². The van der Waals surface area contributed by atoms with Crippen LogP contribution >= 0.6 is 0 Å². The lowest BCUT2D eigenvalue weighted by Gasteiger charge is -2.35. The lowest BCUT2D eigenvalue weighted by Crippen LogP contribution is -2.51. The molecule has 1 aromatic heterocycles. The standard InChI is InChI=1S/C18H24N4O3/c1-4-13(5-2)20-18(23)16-10-22(11-17-19-12(3)21-25-17)14-8-6-7-9-15(14)24-16/h6-9,13,16H,4-5,10-11H2,1-3H3,(H,20,23)/t16-/m0/s1. The monoisotopic (exact) mass is 344 g/mol. The third kappa shape index (κ3) is 3.92.